The Morgan fingerprint density at radius 1 is 1.27 bits per heavy atom. The quantitative estimate of drug-likeness (QED) is 0.786. The number of nitrogens with one attached hydrogen (secondary N) is 1. The Balaban J connectivity index is 2.50. The van der Waals surface area contributed by atoms with E-state index in [1.807, 2.05) is 25.1 Å². The van der Waals surface area contributed by atoms with Crippen LogP contribution in [-0.4, -0.2) is 11.9 Å². The fraction of sp³-hybridized carbons (Fsp3) is 0.462. The minimum atomic E-state index is 0.137. The lowest BCUT2D eigenvalue weighted by Gasteiger charge is -2.16. The molecule has 0 saturated heterocycles. The van der Waals surface area contributed by atoms with Crippen molar-refractivity contribution < 1.29 is 4.79 Å². The molecule has 0 aliphatic heterocycles. The van der Waals surface area contributed by atoms with Crippen LogP contribution in [0.2, 0.25) is 0 Å². The fourth-order valence-corrected chi connectivity index (χ4v) is 1.53. The van der Waals surface area contributed by atoms with E-state index in [0.29, 0.717) is 6.42 Å². The van der Waals surface area contributed by atoms with Gasteiger partial charge in [0.25, 0.3) is 0 Å². The second kappa shape index (κ2) is 6.23. The highest BCUT2D eigenvalue weighted by atomic mass is 16.1. The maximum Gasteiger partial charge on any atom is 0.219 e. The number of rotatable bonds is 5. The van der Waals surface area contributed by atoms with Crippen LogP contribution >= 0.6 is 0 Å². The molecule has 1 N–H and O–H groups in total. The summed E-state index contributed by atoms with van der Waals surface area (Å²) in [6, 6.07) is 10.5. The Morgan fingerprint density at radius 3 is 2.47 bits per heavy atom. The number of carbonyl (C=O) groups is 1. The van der Waals surface area contributed by atoms with Crippen LogP contribution in [0.25, 0.3) is 0 Å². The first kappa shape index (κ1) is 11.8. The van der Waals surface area contributed by atoms with Crippen LogP contribution in [0.1, 0.15) is 32.3 Å². The summed E-state index contributed by atoms with van der Waals surface area (Å²) in [6.45, 7) is 3.98. The molecule has 2 nitrogen and oxygen atoms in total. The molecule has 0 aliphatic rings. The highest BCUT2D eigenvalue weighted by Crippen LogP contribution is 2.05. The zero-order valence-corrected chi connectivity index (χ0v) is 9.49. The molecule has 1 amide bonds. The number of hydrogen-bond donors (Lipinski definition) is 1. The summed E-state index contributed by atoms with van der Waals surface area (Å²) in [7, 11) is 0. The fourth-order valence-electron chi connectivity index (χ4n) is 1.53. The van der Waals surface area contributed by atoms with Crippen molar-refractivity contribution in [1.82, 2.24) is 5.32 Å². The predicted octanol–water partition coefficient (Wildman–Crippen LogP) is 2.53. The van der Waals surface area contributed by atoms with E-state index < -0.39 is 0 Å². The zero-order chi connectivity index (χ0) is 11.1. The SMILES string of the molecule is CCC(=O)N[C@@H](CC)Cc1ccccc1. The molecule has 2 heteroatoms. The minimum absolute atomic E-state index is 0.137. The molecule has 0 aliphatic carbocycles. The molecule has 0 unspecified atom stereocenters. The van der Waals surface area contributed by atoms with E-state index >= 15 is 0 Å². The molecular weight excluding hydrogens is 186 g/mol. The Hall–Kier alpha value is -1.31. The van der Waals surface area contributed by atoms with Gasteiger partial charge in [-0.25, -0.2) is 0 Å². The third-order valence-corrected chi connectivity index (χ3v) is 2.50. The number of hydrogen-bond acceptors (Lipinski definition) is 1. The maximum absolute atomic E-state index is 11.3. The zero-order valence-electron chi connectivity index (χ0n) is 9.49. The van der Waals surface area contributed by atoms with E-state index in [4.69, 9.17) is 0 Å². The first-order valence-electron chi connectivity index (χ1n) is 5.59. The van der Waals surface area contributed by atoms with Crippen molar-refractivity contribution in [3.05, 3.63) is 35.9 Å². The van der Waals surface area contributed by atoms with Crippen molar-refractivity contribution in [2.75, 3.05) is 0 Å². The summed E-state index contributed by atoms with van der Waals surface area (Å²) in [5, 5.41) is 3.03. The third kappa shape index (κ3) is 4.15. The first-order chi connectivity index (χ1) is 7.26. The molecule has 0 bridgehead atoms. The minimum Gasteiger partial charge on any atom is -0.353 e. The summed E-state index contributed by atoms with van der Waals surface area (Å²) in [5.74, 6) is 0.137. The van der Waals surface area contributed by atoms with Gasteiger partial charge in [0.1, 0.15) is 0 Å². The first-order valence-corrected chi connectivity index (χ1v) is 5.59. The lowest BCUT2D eigenvalue weighted by Crippen LogP contribution is -2.35. The summed E-state index contributed by atoms with van der Waals surface area (Å²) in [5.41, 5.74) is 1.28. The molecule has 82 valence electrons. The normalized spacial score (nSPS) is 12.1. The van der Waals surface area contributed by atoms with Gasteiger partial charge in [0.15, 0.2) is 0 Å². The van der Waals surface area contributed by atoms with Crippen LogP contribution in [0.4, 0.5) is 0 Å². The van der Waals surface area contributed by atoms with E-state index in [1.165, 1.54) is 5.56 Å². The van der Waals surface area contributed by atoms with Crippen molar-refractivity contribution in [1.29, 1.82) is 0 Å². The van der Waals surface area contributed by atoms with E-state index in [1.54, 1.807) is 0 Å². The Labute approximate surface area is 91.7 Å². The third-order valence-electron chi connectivity index (χ3n) is 2.50. The lowest BCUT2D eigenvalue weighted by atomic mass is 10.0. The second-order valence-corrected chi connectivity index (χ2v) is 3.72. The number of carbonyl (C=O) groups excluding carboxylic acids is 1. The Bertz CT molecular complexity index is 295. The molecule has 1 aromatic carbocycles. The molecule has 1 atom stereocenters. The molecule has 0 aromatic heterocycles. The van der Waals surface area contributed by atoms with Gasteiger partial charge < -0.3 is 5.32 Å². The van der Waals surface area contributed by atoms with Gasteiger partial charge in [-0.3, -0.25) is 4.79 Å². The predicted molar refractivity (Wildman–Crippen MR) is 62.7 cm³/mol. The van der Waals surface area contributed by atoms with Crippen LogP contribution in [-0.2, 0) is 11.2 Å². The van der Waals surface area contributed by atoms with Crippen LogP contribution in [0, 0.1) is 0 Å². The molecule has 0 spiro atoms. The molecule has 1 aromatic rings. The summed E-state index contributed by atoms with van der Waals surface area (Å²) < 4.78 is 0. The van der Waals surface area contributed by atoms with Gasteiger partial charge in [-0.1, -0.05) is 44.2 Å². The topological polar surface area (TPSA) is 29.1 Å². The number of benzene rings is 1. The smallest absolute Gasteiger partial charge is 0.219 e. The maximum atomic E-state index is 11.3. The molecule has 0 saturated carbocycles. The van der Waals surface area contributed by atoms with Gasteiger partial charge in [-0.15, -0.1) is 0 Å². The highest BCUT2D eigenvalue weighted by Gasteiger charge is 2.09. The van der Waals surface area contributed by atoms with Gasteiger partial charge in [0.2, 0.25) is 5.91 Å². The van der Waals surface area contributed by atoms with Gasteiger partial charge in [-0.05, 0) is 18.4 Å². The molecule has 15 heavy (non-hydrogen) atoms. The summed E-state index contributed by atoms with van der Waals surface area (Å²) in [4.78, 5) is 11.3. The summed E-state index contributed by atoms with van der Waals surface area (Å²) in [6.07, 6.45) is 2.45. The van der Waals surface area contributed by atoms with Crippen molar-refractivity contribution in [3.63, 3.8) is 0 Å². The van der Waals surface area contributed by atoms with E-state index in [9.17, 15) is 4.79 Å². The standard InChI is InChI=1S/C13H19NO/c1-3-12(14-13(15)4-2)10-11-8-6-5-7-9-11/h5-9,12H,3-4,10H2,1-2H3,(H,14,15)/t12-/m0/s1. The molecule has 0 radical (unpaired) electrons. The van der Waals surface area contributed by atoms with Gasteiger partial charge in [0, 0.05) is 12.5 Å². The monoisotopic (exact) mass is 205 g/mol. The van der Waals surface area contributed by atoms with Crippen LogP contribution in [0.3, 0.4) is 0 Å². The van der Waals surface area contributed by atoms with Crippen molar-refractivity contribution in [3.8, 4) is 0 Å². The van der Waals surface area contributed by atoms with Crippen LogP contribution < -0.4 is 5.32 Å². The van der Waals surface area contributed by atoms with E-state index in [-0.39, 0.29) is 11.9 Å². The molecule has 0 heterocycles. The molecular formula is C13H19NO. The van der Waals surface area contributed by atoms with Crippen molar-refractivity contribution >= 4 is 5.91 Å². The van der Waals surface area contributed by atoms with Crippen LogP contribution in [0.5, 0.6) is 0 Å². The summed E-state index contributed by atoms with van der Waals surface area (Å²) >= 11 is 0. The van der Waals surface area contributed by atoms with Crippen molar-refractivity contribution in [2.45, 2.75) is 39.2 Å². The van der Waals surface area contributed by atoms with E-state index in [2.05, 4.69) is 24.4 Å². The van der Waals surface area contributed by atoms with Gasteiger partial charge in [0.05, 0.1) is 0 Å². The average molecular weight is 205 g/mol. The average Bonchev–Trinajstić information content (AvgIpc) is 2.29. The van der Waals surface area contributed by atoms with Gasteiger partial charge >= 0.3 is 0 Å². The number of amides is 1. The van der Waals surface area contributed by atoms with Crippen LogP contribution in [0.15, 0.2) is 30.3 Å². The molecule has 0 fully saturated rings. The van der Waals surface area contributed by atoms with E-state index in [0.717, 1.165) is 12.8 Å². The Morgan fingerprint density at radius 2 is 1.93 bits per heavy atom. The van der Waals surface area contributed by atoms with Gasteiger partial charge in [-0.2, -0.15) is 0 Å². The second-order valence-electron chi connectivity index (χ2n) is 3.72. The highest BCUT2D eigenvalue weighted by molar-refractivity contribution is 5.75. The Kier molecular flexibility index (Phi) is 4.88. The van der Waals surface area contributed by atoms with Crippen molar-refractivity contribution in [2.24, 2.45) is 0 Å². The largest absolute Gasteiger partial charge is 0.353 e. The molecule has 1 rings (SSSR count). The lowest BCUT2D eigenvalue weighted by molar-refractivity contribution is -0.121.